The molecule has 0 unspecified atom stereocenters. The molecule has 19 heavy (non-hydrogen) atoms. The van der Waals surface area contributed by atoms with Gasteiger partial charge in [-0.25, -0.2) is 4.79 Å². The van der Waals surface area contributed by atoms with Crippen LogP contribution in [-0.2, 0) is 0 Å². The lowest BCUT2D eigenvalue weighted by Gasteiger charge is -2.11. The van der Waals surface area contributed by atoms with Crippen LogP contribution in [0.15, 0.2) is 30.5 Å². The summed E-state index contributed by atoms with van der Waals surface area (Å²) in [6.45, 7) is 0.568. The number of rotatable bonds is 5. The summed E-state index contributed by atoms with van der Waals surface area (Å²) < 4.78 is 5.74. The largest absolute Gasteiger partial charge is 0.492 e. The maximum atomic E-state index is 11.3. The minimum atomic E-state index is -1.00. The Bertz CT molecular complexity index is 620. The van der Waals surface area contributed by atoms with E-state index in [1.165, 1.54) is 19.0 Å². The SMILES string of the molecule is O=C(O)c1cnc2ccccc2c1OCCC1CC1. The Hall–Kier alpha value is -2.10. The van der Waals surface area contributed by atoms with Crippen LogP contribution in [0.2, 0.25) is 0 Å². The van der Waals surface area contributed by atoms with Gasteiger partial charge in [-0.3, -0.25) is 4.98 Å². The first kappa shape index (κ1) is 12.0. The van der Waals surface area contributed by atoms with Crippen molar-refractivity contribution in [1.29, 1.82) is 0 Å². The van der Waals surface area contributed by atoms with Gasteiger partial charge in [-0.05, 0) is 24.5 Å². The molecule has 1 heterocycles. The van der Waals surface area contributed by atoms with Gasteiger partial charge >= 0.3 is 5.97 Å². The lowest BCUT2D eigenvalue weighted by molar-refractivity contribution is 0.0692. The van der Waals surface area contributed by atoms with E-state index in [0.717, 1.165) is 23.2 Å². The van der Waals surface area contributed by atoms with Crippen molar-refractivity contribution in [1.82, 2.24) is 4.98 Å². The first-order valence-electron chi connectivity index (χ1n) is 6.49. The Kier molecular flexibility index (Phi) is 3.07. The molecule has 0 atom stereocenters. The van der Waals surface area contributed by atoms with Crippen LogP contribution in [0.25, 0.3) is 10.9 Å². The lowest BCUT2D eigenvalue weighted by atomic mass is 10.1. The predicted octanol–water partition coefficient (Wildman–Crippen LogP) is 3.11. The molecule has 0 radical (unpaired) electrons. The summed E-state index contributed by atoms with van der Waals surface area (Å²) in [6, 6.07) is 7.45. The zero-order chi connectivity index (χ0) is 13.2. The first-order valence-corrected chi connectivity index (χ1v) is 6.49. The lowest BCUT2D eigenvalue weighted by Crippen LogP contribution is -2.06. The smallest absolute Gasteiger partial charge is 0.341 e. The van der Waals surface area contributed by atoms with Gasteiger partial charge in [-0.2, -0.15) is 0 Å². The highest BCUT2D eigenvalue weighted by atomic mass is 16.5. The van der Waals surface area contributed by atoms with E-state index in [1.807, 2.05) is 24.3 Å². The zero-order valence-electron chi connectivity index (χ0n) is 10.5. The number of pyridine rings is 1. The van der Waals surface area contributed by atoms with E-state index in [0.29, 0.717) is 12.4 Å². The fraction of sp³-hybridized carbons (Fsp3) is 0.333. The molecule has 98 valence electrons. The van der Waals surface area contributed by atoms with Gasteiger partial charge in [0.05, 0.1) is 12.1 Å². The first-order chi connectivity index (χ1) is 9.25. The highest BCUT2D eigenvalue weighted by Crippen LogP contribution is 2.33. The van der Waals surface area contributed by atoms with E-state index >= 15 is 0 Å². The quantitative estimate of drug-likeness (QED) is 0.894. The molecular weight excluding hydrogens is 242 g/mol. The molecule has 1 aliphatic rings. The zero-order valence-corrected chi connectivity index (χ0v) is 10.5. The molecule has 0 bridgehead atoms. The summed E-state index contributed by atoms with van der Waals surface area (Å²) in [7, 11) is 0. The van der Waals surface area contributed by atoms with E-state index in [4.69, 9.17) is 4.74 Å². The fourth-order valence-electron chi connectivity index (χ4n) is 2.16. The van der Waals surface area contributed by atoms with Crippen LogP contribution < -0.4 is 4.74 Å². The fourth-order valence-corrected chi connectivity index (χ4v) is 2.16. The van der Waals surface area contributed by atoms with Crippen LogP contribution in [0.3, 0.4) is 0 Å². The number of carbonyl (C=O) groups is 1. The number of carboxylic acid groups (broad SMARTS) is 1. The van der Waals surface area contributed by atoms with E-state index in [2.05, 4.69) is 4.98 Å². The standard InChI is InChI=1S/C15H15NO3/c17-15(18)12-9-16-13-4-2-1-3-11(13)14(12)19-8-7-10-5-6-10/h1-4,9-10H,5-8H2,(H,17,18). The van der Waals surface area contributed by atoms with E-state index in [9.17, 15) is 9.90 Å². The third-order valence-electron chi connectivity index (χ3n) is 3.43. The molecule has 0 saturated heterocycles. The molecule has 1 aromatic carbocycles. The van der Waals surface area contributed by atoms with Gasteiger partial charge in [-0.1, -0.05) is 25.0 Å². The van der Waals surface area contributed by atoms with E-state index in [-0.39, 0.29) is 5.56 Å². The van der Waals surface area contributed by atoms with Crippen molar-refractivity contribution in [2.75, 3.05) is 6.61 Å². The third-order valence-corrected chi connectivity index (χ3v) is 3.43. The molecule has 0 aliphatic heterocycles. The summed E-state index contributed by atoms with van der Waals surface area (Å²) in [5.74, 6) is 0.208. The Labute approximate surface area is 111 Å². The van der Waals surface area contributed by atoms with Crippen molar-refractivity contribution in [3.05, 3.63) is 36.0 Å². The van der Waals surface area contributed by atoms with Crippen LogP contribution in [0, 0.1) is 5.92 Å². The summed E-state index contributed by atoms with van der Waals surface area (Å²) in [4.78, 5) is 15.4. The van der Waals surface area contributed by atoms with Crippen LogP contribution >= 0.6 is 0 Å². The highest BCUT2D eigenvalue weighted by Gasteiger charge is 2.22. The summed E-state index contributed by atoms with van der Waals surface area (Å²) in [5, 5.41) is 9.99. The molecule has 0 amide bonds. The average Bonchev–Trinajstić information content (AvgIpc) is 3.22. The molecule has 1 saturated carbocycles. The topological polar surface area (TPSA) is 59.4 Å². The molecular formula is C15H15NO3. The second-order valence-corrected chi connectivity index (χ2v) is 4.90. The minimum Gasteiger partial charge on any atom is -0.492 e. The Morgan fingerprint density at radius 2 is 2.16 bits per heavy atom. The maximum Gasteiger partial charge on any atom is 0.341 e. The number of hydrogen-bond donors (Lipinski definition) is 1. The molecule has 1 N–H and O–H groups in total. The Morgan fingerprint density at radius 3 is 2.89 bits per heavy atom. The number of nitrogens with zero attached hydrogens (tertiary/aromatic N) is 1. The van der Waals surface area contributed by atoms with Gasteiger partial charge in [0.1, 0.15) is 11.3 Å². The van der Waals surface area contributed by atoms with Crippen LogP contribution in [0.1, 0.15) is 29.6 Å². The van der Waals surface area contributed by atoms with Crippen molar-refractivity contribution in [3.8, 4) is 5.75 Å². The molecule has 1 aromatic heterocycles. The van der Waals surface area contributed by atoms with Crippen molar-refractivity contribution in [3.63, 3.8) is 0 Å². The van der Waals surface area contributed by atoms with Crippen molar-refractivity contribution >= 4 is 16.9 Å². The minimum absolute atomic E-state index is 0.134. The van der Waals surface area contributed by atoms with Gasteiger partial charge < -0.3 is 9.84 Å². The van der Waals surface area contributed by atoms with Gasteiger partial charge in [0.25, 0.3) is 0 Å². The molecule has 2 aromatic rings. The summed E-state index contributed by atoms with van der Waals surface area (Å²) in [5.41, 5.74) is 0.892. The van der Waals surface area contributed by atoms with Crippen molar-refractivity contribution < 1.29 is 14.6 Å². The third kappa shape index (κ3) is 2.52. The van der Waals surface area contributed by atoms with Gasteiger partial charge in [0.2, 0.25) is 0 Å². The molecule has 1 fully saturated rings. The average molecular weight is 257 g/mol. The van der Waals surface area contributed by atoms with Crippen LogP contribution in [0.4, 0.5) is 0 Å². The van der Waals surface area contributed by atoms with Gasteiger partial charge in [0, 0.05) is 11.6 Å². The van der Waals surface area contributed by atoms with Crippen LogP contribution in [-0.4, -0.2) is 22.7 Å². The highest BCUT2D eigenvalue weighted by molar-refractivity contribution is 5.98. The number of fused-ring (bicyclic) bond motifs is 1. The maximum absolute atomic E-state index is 11.3. The van der Waals surface area contributed by atoms with E-state index in [1.54, 1.807) is 0 Å². The number of carboxylic acids is 1. The normalized spacial score (nSPS) is 14.5. The molecule has 3 rings (SSSR count). The summed E-state index contributed by atoms with van der Waals surface area (Å²) >= 11 is 0. The number of benzene rings is 1. The molecule has 4 heteroatoms. The second kappa shape index (κ2) is 4.88. The molecule has 0 spiro atoms. The number of aromatic carboxylic acids is 1. The van der Waals surface area contributed by atoms with Gasteiger partial charge in [0.15, 0.2) is 0 Å². The van der Waals surface area contributed by atoms with Crippen molar-refractivity contribution in [2.24, 2.45) is 5.92 Å². The van der Waals surface area contributed by atoms with E-state index < -0.39 is 5.97 Å². The Balaban J connectivity index is 1.95. The van der Waals surface area contributed by atoms with Crippen molar-refractivity contribution in [2.45, 2.75) is 19.3 Å². The summed E-state index contributed by atoms with van der Waals surface area (Å²) in [6.07, 6.45) is 4.91. The molecule has 4 nitrogen and oxygen atoms in total. The van der Waals surface area contributed by atoms with Gasteiger partial charge in [-0.15, -0.1) is 0 Å². The second-order valence-electron chi connectivity index (χ2n) is 4.90. The Morgan fingerprint density at radius 1 is 1.37 bits per heavy atom. The number of aromatic nitrogens is 1. The van der Waals surface area contributed by atoms with Crippen LogP contribution in [0.5, 0.6) is 5.75 Å². The number of para-hydroxylation sites is 1. The molecule has 1 aliphatic carbocycles. The number of ether oxygens (including phenoxy) is 1. The monoisotopic (exact) mass is 257 g/mol. The predicted molar refractivity (Wildman–Crippen MR) is 71.5 cm³/mol. The number of hydrogen-bond acceptors (Lipinski definition) is 3.